The van der Waals surface area contributed by atoms with E-state index in [1.807, 2.05) is 0 Å². The van der Waals surface area contributed by atoms with E-state index in [0.29, 0.717) is 23.5 Å². The van der Waals surface area contributed by atoms with E-state index >= 15 is 0 Å². The molecule has 0 amide bonds. The molecular weight excluding hydrogens is 544 g/mol. The summed E-state index contributed by atoms with van der Waals surface area (Å²) in [7, 11) is 0. The number of hydrogen-bond acceptors (Lipinski definition) is 1. The molecule has 2 aromatic rings. The molecule has 0 saturated heterocycles. The highest BCUT2D eigenvalue weighted by atomic mass is 16.1. The largest absolute Gasteiger partial charge is 0.300 e. The van der Waals surface area contributed by atoms with Crippen LogP contribution in [0.25, 0.3) is 0 Å². The number of hydrogen-bond donors (Lipinski definition) is 0. The molecule has 1 spiro atoms. The molecule has 45 heavy (non-hydrogen) atoms. The summed E-state index contributed by atoms with van der Waals surface area (Å²) in [4.78, 5) is 13.3. The van der Waals surface area contributed by atoms with Gasteiger partial charge in [-0.05, 0) is 98.0 Å². The third-order valence-corrected chi connectivity index (χ3v) is 12.7. The number of carbonyl (C=O) groups is 1. The lowest BCUT2D eigenvalue weighted by Crippen LogP contribution is -2.38. The van der Waals surface area contributed by atoms with Gasteiger partial charge < -0.3 is 0 Å². The van der Waals surface area contributed by atoms with Gasteiger partial charge in [0.1, 0.15) is 5.78 Å². The van der Waals surface area contributed by atoms with E-state index in [1.54, 1.807) is 0 Å². The number of Topliss-reactive ketones (excluding diaryl/α,β-unsaturated/α-hetero) is 1. The van der Waals surface area contributed by atoms with Crippen LogP contribution in [0.5, 0.6) is 0 Å². The van der Waals surface area contributed by atoms with E-state index in [0.717, 1.165) is 43.4 Å². The maximum atomic E-state index is 13.3. The van der Waals surface area contributed by atoms with Gasteiger partial charge in [-0.15, -0.1) is 0 Å². The van der Waals surface area contributed by atoms with Gasteiger partial charge in [-0.3, -0.25) is 4.79 Å². The Morgan fingerprint density at radius 2 is 1.31 bits per heavy atom. The molecule has 3 unspecified atom stereocenters. The van der Waals surface area contributed by atoms with Crippen molar-refractivity contribution in [1.29, 1.82) is 0 Å². The van der Waals surface area contributed by atoms with E-state index in [9.17, 15) is 4.79 Å². The minimum Gasteiger partial charge on any atom is -0.300 e. The molecule has 5 rings (SSSR count). The first-order chi connectivity index (χ1) is 22.0. The molecule has 1 nitrogen and oxygen atoms in total. The maximum absolute atomic E-state index is 13.3. The predicted octanol–water partition coefficient (Wildman–Crippen LogP) is 12.8. The molecular formula is C44H64O. The highest BCUT2D eigenvalue weighted by Gasteiger charge is 2.55. The number of carbonyl (C=O) groups excluding carboxylic acids is 1. The Hall–Kier alpha value is -2.15. The predicted molar refractivity (Wildman–Crippen MR) is 193 cm³/mol. The Morgan fingerprint density at radius 3 is 1.84 bits per heavy atom. The number of unbranched alkanes of at least 4 members (excludes halogenated alkanes) is 8. The second kappa shape index (κ2) is 16.6. The Morgan fingerprint density at radius 1 is 0.800 bits per heavy atom. The van der Waals surface area contributed by atoms with Gasteiger partial charge in [0, 0.05) is 18.3 Å². The molecule has 0 aliphatic heterocycles. The summed E-state index contributed by atoms with van der Waals surface area (Å²) in [6, 6.07) is 22.4. The minimum atomic E-state index is -0.262. The molecule has 0 aromatic heterocycles. The zero-order chi connectivity index (χ0) is 31.5. The average Bonchev–Trinajstić information content (AvgIpc) is 3.60. The number of ketones is 1. The van der Waals surface area contributed by atoms with Gasteiger partial charge >= 0.3 is 0 Å². The van der Waals surface area contributed by atoms with Gasteiger partial charge in [0.15, 0.2) is 0 Å². The van der Waals surface area contributed by atoms with Crippen LogP contribution in [0.3, 0.4) is 0 Å². The summed E-state index contributed by atoms with van der Waals surface area (Å²) in [6.07, 6.45) is 26.8. The molecule has 2 bridgehead atoms. The summed E-state index contributed by atoms with van der Waals surface area (Å²) in [5.41, 5.74) is 4.51. The normalized spacial score (nSPS) is 22.9. The monoisotopic (exact) mass is 608 g/mol. The van der Waals surface area contributed by atoms with Crippen LogP contribution in [0.1, 0.15) is 160 Å². The molecule has 3 atom stereocenters. The van der Waals surface area contributed by atoms with Crippen LogP contribution in [0.15, 0.2) is 72.8 Å². The van der Waals surface area contributed by atoms with E-state index in [-0.39, 0.29) is 5.41 Å². The Kier molecular flexibility index (Phi) is 12.6. The fraction of sp³-hybridized carbons (Fsp3) is 0.659. The van der Waals surface area contributed by atoms with Crippen LogP contribution in [-0.2, 0) is 10.2 Å². The van der Waals surface area contributed by atoms with E-state index in [2.05, 4.69) is 74.5 Å². The number of rotatable bonds is 19. The smallest absolute Gasteiger partial charge is 0.133 e. The Balaban J connectivity index is 1.25. The zero-order valence-corrected chi connectivity index (χ0v) is 29.0. The first-order valence-electron chi connectivity index (χ1n) is 19.3. The van der Waals surface area contributed by atoms with Crippen LogP contribution >= 0.6 is 0 Å². The quantitative estimate of drug-likeness (QED) is 0.114. The standard InChI is InChI=1S/C44H64O/c1-4-5-6-7-8-9-10-11-18-25-42(45)30-35(2)34-44(38-21-14-12-15-22-38,39-23-16-13-17-24-39)36(3)31-37-32-40-26-27-41(33-37)43(40)28-19-20-29-43/h12-17,21-24,35,37,40-41H,3-11,18-20,25-34H2,1-2H3. The van der Waals surface area contributed by atoms with E-state index < -0.39 is 0 Å². The average molecular weight is 609 g/mol. The minimum absolute atomic E-state index is 0.262. The van der Waals surface area contributed by atoms with Crippen molar-refractivity contribution in [1.82, 2.24) is 0 Å². The molecule has 0 heterocycles. The van der Waals surface area contributed by atoms with Gasteiger partial charge in [0.25, 0.3) is 0 Å². The third kappa shape index (κ3) is 8.23. The number of benzene rings is 2. The van der Waals surface area contributed by atoms with Crippen molar-refractivity contribution in [2.75, 3.05) is 0 Å². The van der Waals surface area contributed by atoms with Crippen LogP contribution < -0.4 is 0 Å². The van der Waals surface area contributed by atoms with Crippen molar-refractivity contribution in [2.24, 2.45) is 29.1 Å². The first-order valence-corrected chi connectivity index (χ1v) is 19.3. The topological polar surface area (TPSA) is 17.1 Å². The maximum Gasteiger partial charge on any atom is 0.133 e. The second-order valence-electron chi connectivity index (χ2n) is 15.8. The fourth-order valence-corrected chi connectivity index (χ4v) is 10.6. The summed E-state index contributed by atoms with van der Waals surface area (Å²) in [5, 5.41) is 0. The third-order valence-electron chi connectivity index (χ3n) is 12.7. The highest BCUT2D eigenvalue weighted by molar-refractivity contribution is 5.78. The van der Waals surface area contributed by atoms with Crippen LogP contribution in [0.2, 0.25) is 0 Å². The van der Waals surface area contributed by atoms with E-state index in [1.165, 1.54) is 119 Å². The van der Waals surface area contributed by atoms with Crippen LogP contribution in [0.4, 0.5) is 0 Å². The molecule has 1 heteroatoms. The lowest BCUT2D eigenvalue weighted by atomic mass is 9.58. The lowest BCUT2D eigenvalue weighted by molar-refractivity contribution is -0.120. The van der Waals surface area contributed by atoms with Gasteiger partial charge in [-0.2, -0.15) is 0 Å². The molecule has 3 aliphatic rings. The van der Waals surface area contributed by atoms with Crippen molar-refractivity contribution in [3.8, 4) is 0 Å². The summed E-state index contributed by atoms with van der Waals surface area (Å²) < 4.78 is 0. The van der Waals surface area contributed by atoms with Crippen molar-refractivity contribution < 1.29 is 4.79 Å². The summed E-state index contributed by atoms with van der Waals surface area (Å²) >= 11 is 0. The fourth-order valence-electron chi connectivity index (χ4n) is 10.6. The van der Waals surface area contributed by atoms with Crippen molar-refractivity contribution >= 4 is 5.78 Å². The van der Waals surface area contributed by atoms with Gasteiger partial charge in [0.2, 0.25) is 0 Å². The molecule has 0 N–H and O–H groups in total. The number of allylic oxidation sites excluding steroid dienone is 1. The first kappa shape index (κ1) is 34.2. The summed E-state index contributed by atoms with van der Waals surface area (Å²) in [6.45, 7) is 9.59. The van der Waals surface area contributed by atoms with Crippen molar-refractivity contribution in [3.63, 3.8) is 0 Å². The molecule has 2 aromatic carbocycles. The second-order valence-corrected chi connectivity index (χ2v) is 15.8. The molecule has 3 saturated carbocycles. The highest BCUT2D eigenvalue weighted by Crippen LogP contribution is 2.65. The van der Waals surface area contributed by atoms with Crippen LogP contribution in [0, 0.1) is 29.1 Å². The Labute approximate surface area is 277 Å². The van der Waals surface area contributed by atoms with Crippen LogP contribution in [-0.4, -0.2) is 5.78 Å². The Bertz CT molecular complexity index is 1120. The van der Waals surface area contributed by atoms with E-state index in [4.69, 9.17) is 6.58 Å². The molecule has 0 radical (unpaired) electrons. The van der Waals surface area contributed by atoms with Crippen molar-refractivity contribution in [3.05, 3.63) is 83.9 Å². The van der Waals surface area contributed by atoms with Crippen molar-refractivity contribution in [2.45, 2.75) is 154 Å². The summed E-state index contributed by atoms with van der Waals surface area (Å²) in [5.74, 6) is 3.39. The molecule has 3 fully saturated rings. The lowest BCUT2D eigenvalue weighted by Gasteiger charge is -2.46. The van der Waals surface area contributed by atoms with Gasteiger partial charge in [-0.25, -0.2) is 0 Å². The molecule has 3 aliphatic carbocycles. The zero-order valence-electron chi connectivity index (χ0n) is 29.0. The van der Waals surface area contributed by atoms with Gasteiger partial charge in [0.05, 0.1) is 0 Å². The van der Waals surface area contributed by atoms with Gasteiger partial charge in [-0.1, -0.05) is 151 Å². The molecule has 246 valence electrons. The SMILES string of the molecule is C=C(CC1CC2CCC(C1)C21CCCC1)C(CC(C)CC(=O)CCCCCCCCCCC)(c1ccccc1)c1ccccc1.